The summed E-state index contributed by atoms with van der Waals surface area (Å²) in [4.78, 5) is 4.45. The van der Waals surface area contributed by atoms with Gasteiger partial charge in [0.05, 0.1) is 0 Å². The fourth-order valence-electron chi connectivity index (χ4n) is 2.60. The van der Waals surface area contributed by atoms with Gasteiger partial charge < -0.3 is 10.2 Å². The lowest BCUT2D eigenvalue weighted by Crippen LogP contribution is -2.30. The normalized spacial score (nSPS) is 18.5. The zero-order chi connectivity index (χ0) is 12.4. The second-order valence-corrected chi connectivity index (χ2v) is 5.94. The van der Waals surface area contributed by atoms with Crippen molar-refractivity contribution in [1.82, 2.24) is 4.98 Å². The SMILES string of the molecule is NC(CSc1nc2ccccc2o1)C1CCCC1. The Morgan fingerprint density at radius 3 is 2.89 bits per heavy atom. The molecule has 1 aromatic carbocycles. The molecule has 3 nitrogen and oxygen atoms in total. The van der Waals surface area contributed by atoms with Crippen molar-refractivity contribution in [2.75, 3.05) is 5.75 Å². The quantitative estimate of drug-likeness (QED) is 0.858. The van der Waals surface area contributed by atoms with Crippen molar-refractivity contribution in [3.63, 3.8) is 0 Å². The predicted octanol–water partition coefficient (Wildman–Crippen LogP) is 3.44. The summed E-state index contributed by atoms with van der Waals surface area (Å²) in [5, 5.41) is 0.740. The number of fused-ring (bicyclic) bond motifs is 1. The van der Waals surface area contributed by atoms with Crippen LogP contribution in [0.25, 0.3) is 11.1 Å². The molecule has 0 spiro atoms. The molecule has 0 saturated heterocycles. The molecule has 1 unspecified atom stereocenters. The molecule has 1 aliphatic rings. The number of aromatic nitrogens is 1. The fourth-order valence-corrected chi connectivity index (χ4v) is 3.52. The van der Waals surface area contributed by atoms with Gasteiger partial charge in [-0.3, -0.25) is 0 Å². The van der Waals surface area contributed by atoms with Crippen LogP contribution in [0.2, 0.25) is 0 Å². The highest BCUT2D eigenvalue weighted by molar-refractivity contribution is 7.99. The molecule has 2 N–H and O–H groups in total. The molecule has 1 heterocycles. The molecule has 0 amide bonds. The van der Waals surface area contributed by atoms with Gasteiger partial charge in [-0.1, -0.05) is 36.7 Å². The average molecular weight is 262 g/mol. The lowest BCUT2D eigenvalue weighted by molar-refractivity contribution is 0.458. The van der Waals surface area contributed by atoms with Crippen LogP contribution in [0, 0.1) is 5.92 Å². The van der Waals surface area contributed by atoms with Crippen LogP contribution < -0.4 is 5.73 Å². The highest BCUT2D eigenvalue weighted by Gasteiger charge is 2.22. The van der Waals surface area contributed by atoms with Gasteiger partial charge in [0.15, 0.2) is 5.58 Å². The van der Waals surface area contributed by atoms with Gasteiger partial charge in [0.25, 0.3) is 5.22 Å². The molecule has 96 valence electrons. The zero-order valence-electron chi connectivity index (χ0n) is 10.3. The number of rotatable bonds is 4. The fraction of sp³-hybridized carbons (Fsp3) is 0.500. The van der Waals surface area contributed by atoms with E-state index in [4.69, 9.17) is 10.2 Å². The van der Waals surface area contributed by atoms with E-state index in [9.17, 15) is 0 Å². The molecule has 1 atom stereocenters. The summed E-state index contributed by atoms with van der Waals surface area (Å²) in [5.74, 6) is 1.60. The van der Waals surface area contributed by atoms with Crippen molar-refractivity contribution < 1.29 is 4.42 Å². The van der Waals surface area contributed by atoms with E-state index in [-0.39, 0.29) is 6.04 Å². The van der Waals surface area contributed by atoms with Gasteiger partial charge in [-0.25, -0.2) is 4.98 Å². The van der Waals surface area contributed by atoms with E-state index in [1.54, 1.807) is 11.8 Å². The summed E-state index contributed by atoms with van der Waals surface area (Å²) in [6.07, 6.45) is 5.25. The standard InChI is InChI=1S/C14H18N2OS/c15-11(10-5-1-2-6-10)9-18-14-16-12-7-3-4-8-13(12)17-14/h3-4,7-8,10-11H,1-2,5-6,9,15H2. The molecule has 4 heteroatoms. The van der Waals surface area contributed by atoms with Crippen LogP contribution in [0.5, 0.6) is 0 Å². The number of oxazole rings is 1. The second-order valence-electron chi connectivity index (χ2n) is 4.97. The largest absolute Gasteiger partial charge is 0.431 e. The van der Waals surface area contributed by atoms with E-state index in [0.29, 0.717) is 5.92 Å². The zero-order valence-corrected chi connectivity index (χ0v) is 11.2. The van der Waals surface area contributed by atoms with Gasteiger partial charge in [0.2, 0.25) is 0 Å². The minimum Gasteiger partial charge on any atom is -0.431 e. The summed E-state index contributed by atoms with van der Waals surface area (Å²) in [7, 11) is 0. The van der Waals surface area contributed by atoms with Gasteiger partial charge in [-0.15, -0.1) is 0 Å². The first-order valence-electron chi connectivity index (χ1n) is 6.57. The molecule has 2 aromatic rings. The van der Waals surface area contributed by atoms with Gasteiger partial charge in [0.1, 0.15) is 5.52 Å². The summed E-state index contributed by atoms with van der Waals surface area (Å²) >= 11 is 1.64. The number of nitrogens with two attached hydrogens (primary N) is 1. The number of nitrogens with zero attached hydrogens (tertiary/aromatic N) is 1. The van der Waals surface area contributed by atoms with Crippen molar-refractivity contribution >= 4 is 22.9 Å². The van der Waals surface area contributed by atoms with Crippen LogP contribution in [0.1, 0.15) is 25.7 Å². The molecule has 1 aliphatic carbocycles. The lowest BCUT2D eigenvalue weighted by atomic mass is 10.0. The van der Waals surface area contributed by atoms with Crippen molar-refractivity contribution in [3.05, 3.63) is 24.3 Å². The molecule has 3 rings (SSSR count). The number of para-hydroxylation sites is 2. The Morgan fingerprint density at radius 1 is 1.33 bits per heavy atom. The van der Waals surface area contributed by atoms with Crippen molar-refractivity contribution in [2.24, 2.45) is 11.7 Å². The molecule has 1 fully saturated rings. The smallest absolute Gasteiger partial charge is 0.256 e. The third-order valence-corrected chi connectivity index (χ3v) is 4.65. The van der Waals surface area contributed by atoms with E-state index < -0.39 is 0 Å². The number of thioether (sulfide) groups is 1. The van der Waals surface area contributed by atoms with Gasteiger partial charge >= 0.3 is 0 Å². The Bertz CT molecular complexity index is 486. The van der Waals surface area contributed by atoms with E-state index in [2.05, 4.69) is 4.98 Å². The maximum atomic E-state index is 6.23. The summed E-state index contributed by atoms with van der Waals surface area (Å²) < 4.78 is 5.68. The molecule has 0 radical (unpaired) electrons. The van der Waals surface area contributed by atoms with E-state index in [0.717, 1.165) is 22.1 Å². The molecule has 1 saturated carbocycles. The second kappa shape index (κ2) is 5.33. The summed E-state index contributed by atoms with van der Waals surface area (Å²) in [6.45, 7) is 0. The third kappa shape index (κ3) is 2.54. The van der Waals surface area contributed by atoms with Crippen molar-refractivity contribution in [3.8, 4) is 0 Å². The van der Waals surface area contributed by atoms with Crippen LogP contribution in [-0.2, 0) is 0 Å². The van der Waals surface area contributed by atoms with Crippen LogP contribution in [0.3, 0.4) is 0 Å². The highest BCUT2D eigenvalue weighted by Crippen LogP contribution is 2.30. The molecule has 0 bridgehead atoms. The van der Waals surface area contributed by atoms with E-state index in [1.165, 1.54) is 25.7 Å². The van der Waals surface area contributed by atoms with Gasteiger partial charge in [-0.2, -0.15) is 0 Å². The lowest BCUT2D eigenvalue weighted by Gasteiger charge is -2.16. The maximum absolute atomic E-state index is 6.23. The number of benzene rings is 1. The Morgan fingerprint density at radius 2 is 2.11 bits per heavy atom. The van der Waals surface area contributed by atoms with E-state index in [1.807, 2.05) is 24.3 Å². The van der Waals surface area contributed by atoms with Gasteiger partial charge in [0, 0.05) is 11.8 Å². The average Bonchev–Trinajstić information content (AvgIpc) is 3.04. The molecule has 1 aromatic heterocycles. The Balaban J connectivity index is 1.62. The van der Waals surface area contributed by atoms with E-state index >= 15 is 0 Å². The topological polar surface area (TPSA) is 52.0 Å². The Labute approximate surface area is 111 Å². The number of hydrogen-bond donors (Lipinski definition) is 1. The Hall–Kier alpha value is -1.00. The van der Waals surface area contributed by atoms with Crippen molar-refractivity contribution in [1.29, 1.82) is 0 Å². The molecular formula is C14H18N2OS. The highest BCUT2D eigenvalue weighted by atomic mass is 32.2. The Kier molecular flexibility index (Phi) is 3.57. The van der Waals surface area contributed by atoms with Crippen molar-refractivity contribution in [2.45, 2.75) is 36.9 Å². The minimum absolute atomic E-state index is 0.271. The first-order valence-corrected chi connectivity index (χ1v) is 7.55. The van der Waals surface area contributed by atoms with Crippen LogP contribution >= 0.6 is 11.8 Å². The third-order valence-electron chi connectivity index (χ3n) is 3.68. The molecular weight excluding hydrogens is 244 g/mol. The van der Waals surface area contributed by atoms with Crippen LogP contribution in [-0.4, -0.2) is 16.8 Å². The number of hydrogen-bond acceptors (Lipinski definition) is 4. The summed E-state index contributed by atoms with van der Waals surface area (Å²) in [5.41, 5.74) is 8.01. The van der Waals surface area contributed by atoms with Crippen LogP contribution in [0.15, 0.2) is 33.9 Å². The summed E-state index contributed by atoms with van der Waals surface area (Å²) in [6, 6.07) is 8.13. The minimum atomic E-state index is 0.271. The predicted molar refractivity (Wildman–Crippen MR) is 74.7 cm³/mol. The monoisotopic (exact) mass is 262 g/mol. The maximum Gasteiger partial charge on any atom is 0.256 e. The molecule has 0 aliphatic heterocycles. The first kappa shape index (κ1) is 12.1. The van der Waals surface area contributed by atoms with Crippen LogP contribution in [0.4, 0.5) is 0 Å². The molecule has 18 heavy (non-hydrogen) atoms. The van der Waals surface area contributed by atoms with Gasteiger partial charge in [-0.05, 0) is 30.9 Å². The first-order chi connectivity index (χ1) is 8.83.